The van der Waals surface area contributed by atoms with Gasteiger partial charge in [-0.1, -0.05) is 11.3 Å². The van der Waals surface area contributed by atoms with Crippen molar-refractivity contribution in [3.8, 4) is 0 Å². The van der Waals surface area contributed by atoms with E-state index in [2.05, 4.69) is 38.0 Å². The predicted octanol–water partition coefficient (Wildman–Crippen LogP) is 2.88. The monoisotopic (exact) mass is 413 g/mol. The van der Waals surface area contributed by atoms with Crippen molar-refractivity contribution < 1.29 is 4.79 Å². The van der Waals surface area contributed by atoms with E-state index in [4.69, 9.17) is 5.73 Å². The van der Waals surface area contributed by atoms with Crippen LogP contribution in [0, 0.1) is 3.57 Å². The minimum atomic E-state index is -0.398. The average Bonchev–Trinajstić information content (AvgIpc) is 3.03. The molecule has 3 aromatic rings. The molecule has 0 bridgehead atoms. The number of aromatic nitrogens is 3. The smallest absolute Gasteiger partial charge is 0.250 e. The molecule has 2 heterocycles. The first kappa shape index (κ1) is 14.3. The fourth-order valence-electron chi connectivity index (χ4n) is 1.85. The Balaban J connectivity index is 1.79. The van der Waals surface area contributed by atoms with Crippen LogP contribution in [-0.4, -0.2) is 20.7 Å². The van der Waals surface area contributed by atoms with Crippen molar-refractivity contribution in [2.45, 2.75) is 13.0 Å². The summed E-state index contributed by atoms with van der Waals surface area (Å²) in [6.45, 7) is 1.80. The number of hydrogen-bond donors (Lipinski definition) is 2. The lowest BCUT2D eigenvalue weighted by molar-refractivity contribution is -0.119. The van der Waals surface area contributed by atoms with Gasteiger partial charge in [0.1, 0.15) is 6.04 Å². The summed E-state index contributed by atoms with van der Waals surface area (Å²) in [5.74, 6) is -0.151. The SMILES string of the molecule is CC(C(=O)Nc1nc2ccc(N)cc2s1)n1cc(I)cn1. The van der Waals surface area contributed by atoms with Crippen molar-refractivity contribution in [1.82, 2.24) is 14.8 Å². The molecule has 1 atom stereocenters. The van der Waals surface area contributed by atoms with Crippen LogP contribution in [0.1, 0.15) is 13.0 Å². The second-order valence-corrected chi connectivity index (χ2v) is 6.83. The highest BCUT2D eigenvalue weighted by molar-refractivity contribution is 14.1. The third-order valence-corrected chi connectivity index (χ3v) is 4.48. The highest BCUT2D eigenvalue weighted by atomic mass is 127. The van der Waals surface area contributed by atoms with Crippen molar-refractivity contribution in [1.29, 1.82) is 0 Å². The summed E-state index contributed by atoms with van der Waals surface area (Å²) in [6.07, 6.45) is 3.54. The maximum absolute atomic E-state index is 12.2. The molecule has 108 valence electrons. The van der Waals surface area contributed by atoms with E-state index in [-0.39, 0.29) is 5.91 Å². The summed E-state index contributed by atoms with van der Waals surface area (Å²) in [4.78, 5) is 16.6. The molecular formula is C13H12IN5OS. The van der Waals surface area contributed by atoms with Crippen LogP contribution in [0.2, 0.25) is 0 Å². The number of nitrogens with zero attached hydrogens (tertiary/aromatic N) is 3. The van der Waals surface area contributed by atoms with Gasteiger partial charge in [0.15, 0.2) is 5.13 Å². The van der Waals surface area contributed by atoms with Crippen LogP contribution in [-0.2, 0) is 4.79 Å². The number of thiazole rings is 1. The van der Waals surface area contributed by atoms with Crippen molar-refractivity contribution in [2.24, 2.45) is 0 Å². The molecule has 21 heavy (non-hydrogen) atoms. The second-order valence-electron chi connectivity index (χ2n) is 4.55. The Morgan fingerprint density at radius 3 is 3.05 bits per heavy atom. The third-order valence-electron chi connectivity index (χ3n) is 2.99. The average molecular weight is 413 g/mol. The van der Waals surface area contributed by atoms with Gasteiger partial charge in [-0.15, -0.1) is 0 Å². The number of nitrogens with one attached hydrogen (secondary N) is 1. The van der Waals surface area contributed by atoms with Crippen LogP contribution in [0.5, 0.6) is 0 Å². The lowest BCUT2D eigenvalue weighted by atomic mass is 10.3. The first-order valence-electron chi connectivity index (χ1n) is 6.19. The van der Waals surface area contributed by atoms with Gasteiger partial charge in [-0.25, -0.2) is 4.98 Å². The highest BCUT2D eigenvalue weighted by Crippen LogP contribution is 2.28. The minimum Gasteiger partial charge on any atom is -0.399 e. The van der Waals surface area contributed by atoms with E-state index in [1.54, 1.807) is 23.9 Å². The molecule has 0 radical (unpaired) electrons. The van der Waals surface area contributed by atoms with Gasteiger partial charge in [-0.3, -0.25) is 9.48 Å². The number of nitrogen functional groups attached to an aromatic ring is 1. The topological polar surface area (TPSA) is 85.8 Å². The molecule has 1 amide bonds. The Kier molecular flexibility index (Phi) is 3.81. The molecule has 0 saturated carbocycles. The Labute approximate surface area is 138 Å². The van der Waals surface area contributed by atoms with Crippen LogP contribution in [0.4, 0.5) is 10.8 Å². The van der Waals surface area contributed by atoms with Gasteiger partial charge < -0.3 is 11.1 Å². The van der Waals surface area contributed by atoms with Crippen LogP contribution < -0.4 is 11.1 Å². The zero-order valence-corrected chi connectivity index (χ0v) is 14.1. The van der Waals surface area contributed by atoms with Crippen molar-refractivity contribution in [3.63, 3.8) is 0 Å². The van der Waals surface area contributed by atoms with Crippen molar-refractivity contribution in [2.75, 3.05) is 11.1 Å². The summed E-state index contributed by atoms with van der Waals surface area (Å²) < 4.78 is 3.57. The summed E-state index contributed by atoms with van der Waals surface area (Å²) in [6, 6.07) is 5.09. The van der Waals surface area contributed by atoms with E-state index in [1.807, 2.05) is 18.3 Å². The summed E-state index contributed by atoms with van der Waals surface area (Å²) >= 11 is 3.56. The molecule has 3 N–H and O–H groups in total. The van der Waals surface area contributed by atoms with Gasteiger partial charge >= 0.3 is 0 Å². The van der Waals surface area contributed by atoms with E-state index in [0.29, 0.717) is 10.8 Å². The number of carbonyl (C=O) groups is 1. The number of benzene rings is 1. The second kappa shape index (κ2) is 5.60. The number of hydrogen-bond acceptors (Lipinski definition) is 5. The van der Waals surface area contributed by atoms with E-state index in [9.17, 15) is 4.79 Å². The number of carbonyl (C=O) groups excluding carboxylic acids is 1. The van der Waals surface area contributed by atoms with E-state index in [0.717, 1.165) is 13.8 Å². The molecule has 6 nitrogen and oxygen atoms in total. The molecule has 0 aliphatic carbocycles. The number of nitrogens with two attached hydrogens (primary N) is 1. The Hall–Kier alpha value is -1.68. The maximum atomic E-state index is 12.2. The van der Waals surface area contributed by atoms with Gasteiger partial charge in [-0.2, -0.15) is 5.10 Å². The number of halogens is 1. The minimum absolute atomic E-state index is 0.151. The van der Waals surface area contributed by atoms with Gasteiger partial charge in [0.05, 0.1) is 20.0 Å². The fraction of sp³-hybridized carbons (Fsp3) is 0.154. The predicted molar refractivity (Wildman–Crippen MR) is 92.3 cm³/mol. The first-order valence-corrected chi connectivity index (χ1v) is 8.09. The van der Waals surface area contributed by atoms with E-state index in [1.165, 1.54) is 11.3 Å². The largest absolute Gasteiger partial charge is 0.399 e. The summed E-state index contributed by atoms with van der Waals surface area (Å²) in [7, 11) is 0. The molecule has 8 heteroatoms. The number of fused-ring (bicyclic) bond motifs is 1. The zero-order chi connectivity index (χ0) is 15.0. The van der Waals surface area contributed by atoms with Gasteiger partial charge in [0.2, 0.25) is 0 Å². The molecule has 0 aliphatic heterocycles. The van der Waals surface area contributed by atoms with Gasteiger partial charge in [0, 0.05) is 11.9 Å². The van der Waals surface area contributed by atoms with Crippen molar-refractivity contribution >= 4 is 60.9 Å². The molecule has 3 rings (SSSR count). The van der Waals surface area contributed by atoms with Gasteiger partial charge in [0.25, 0.3) is 5.91 Å². The fourth-order valence-corrected chi connectivity index (χ4v) is 3.18. The highest BCUT2D eigenvalue weighted by Gasteiger charge is 2.17. The van der Waals surface area contributed by atoms with Crippen LogP contribution in [0.15, 0.2) is 30.6 Å². The van der Waals surface area contributed by atoms with Crippen LogP contribution in [0.25, 0.3) is 10.2 Å². The molecule has 0 fully saturated rings. The zero-order valence-electron chi connectivity index (χ0n) is 11.1. The molecule has 0 spiro atoms. The molecule has 2 aromatic heterocycles. The summed E-state index contributed by atoms with van der Waals surface area (Å²) in [5, 5.41) is 7.53. The normalized spacial score (nSPS) is 12.5. The molecule has 0 aliphatic rings. The quantitative estimate of drug-likeness (QED) is 0.511. The molecular weight excluding hydrogens is 401 g/mol. The molecule has 0 saturated heterocycles. The van der Waals surface area contributed by atoms with Crippen LogP contribution >= 0.6 is 33.9 Å². The van der Waals surface area contributed by atoms with E-state index >= 15 is 0 Å². The standard InChI is InChI=1S/C13H12IN5OS/c1-7(19-6-8(14)5-16-19)12(20)18-13-17-10-3-2-9(15)4-11(10)21-13/h2-7H,15H2,1H3,(H,17,18,20). The molecule has 1 unspecified atom stereocenters. The van der Waals surface area contributed by atoms with Crippen LogP contribution in [0.3, 0.4) is 0 Å². The van der Waals surface area contributed by atoms with Crippen molar-refractivity contribution in [3.05, 3.63) is 34.2 Å². The summed E-state index contributed by atoms with van der Waals surface area (Å²) in [5.41, 5.74) is 7.25. The number of anilines is 2. The third kappa shape index (κ3) is 3.00. The lowest BCUT2D eigenvalue weighted by Crippen LogP contribution is -2.23. The Morgan fingerprint density at radius 2 is 2.33 bits per heavy atom. The lowest BCUT2D eigenvalue weighted by Gasteiger charge is -2.10. The Bertz CT molecular complexity index is 812. The molecule has 1 aromatic carbocycles. The van der Waals surface area contributed by atoms with Gasteiger partial charge in [-0.05, 0) is 47.7 Å². The number of rotatable bonds is 3. The van der Waals surface area contributed by atoms with E-state index < -0.39 is 6.04 Å². The maximum Gasteiger partial charge on any atom is 0.250 e. The Morgan fingerprint density at radius 1 is 1.52 bits per heavy atom. The number of amides is 1. The first-order chi connectivity index (χ1) is 10.0.